The zero-order chi connectivity index (χ0) is 26.9. The van der Waals surface area contributed by atoms with Crippen molar-refractivity contribution in [2.45, 2.75) is 5.92 Å². The molecule has 0 aliphatic carbocycles. The van der Waals surface area contributed by atoms with E-state index < -0.39 is 17.9 Å². The molecule has 0 amide bonds. The number of fused-ring (bicyclic) bond motifs is 1. The van der Waals surface area contributed by atoms with E-state index in [0.29, 0.717) is 27.4 Å². The Morgan fingerprint density at radius 1 is 1.03 bits per heavy atom. The first kappa shape index (κ1) is 25.8. The molecule has 37 heavy (non-hydrogen) atoms. The Morgan fingerprint density at radius 2 is 1.70 bits per heavy atom. The summed E-state index contributed by atoms with van der Waals surface area (Å²) < 4.78 is 15.4. The van der Waals surface area contributed by atoms with Crippen LogP contribution in [0, 0.1) is 11.3 Å². The smallest absolute Gasteiger partial charge is 0.355 e. The summed E-state index contributed by atoms with van der Waals surface area (Å²) >= 11 is 12.6. The Labute approximate surface area is 222 Å². The number of aromatic nitrogens is 1. The molecule has 1 aromatic heterocycles. The van der Waals surface area contributed by atoms with Crippen LogP contribution in [0.25, 0.3) is 10.9 Å². The highest BCUT2D eigenvalue weighted by molar-refractivity contribution is 6.31. The van der Waals surface area contributed by atoms with Gasteiger partial charge in [-0.1, -0.05) is 23.2 Å². The van der Waals surface area contributed by atoms with Crippen LogP contribution in [-0.4, -0.2) is 38.3 Å². The zero-order valence-corrected chi connectivity index (χ0v) is 21.4. The van der Waals surface area contributed by atoms with Gasteiger partial charge in [-0.15, -0.1) is 0 Å². The maximum Gasteiger partial charge on any atom is 0.355 e. The third-order valence-electron chi connectivity index (χ3n) is 5.88. The second kappa shape index (κ2) is 10.4. The number of methoxy groups -OCH3 is 3. The first-order valence-corrected chi connectivity index (χ1v) is 11.5. The van der Waals surface area contributed by atoms with Crippen molar-refractivity contribution in [3.63, 3.8) is 0 Å². The fraction of sp³-hybridized carbons (Fsp3) is 0.154. The number of pyridine rings is 1. The number of rotatable bonds is 5. The summed E-state index contributed by atoms with van der Waals surface area (Å²) in [5.41, 5.74) is 7.20. The van der Waals surface area contributed by atoms with Crippen molar-refractivity contribution in [1.29, 1.82) is 5.26 Å². The molecule has 188 valence electrons. The van der Waals surface area contributed by atoms with Crippen molar-refractivity contribution in [2.75, 3.05) is 26.2 Å². The van der Waals surface area contributed by atoms with Crippen LogP contribution < -0.4 is 15.4 Å². The maximum absolute atomic E-state index is 13.3. The van der Waals surface area contributed by atoms with Gasteiger partial charge in [-0.25, -0.2) is 14.6 Å². The number of nitrogens with two attached hydrogens (primary N) is 1. The van der Waals surface area contributed by atoms with Crippen molar-refractivity contribution in [3.8, 4) is 11.8 Å². The number of carbonyl (C=O) groups excluding carboxylic acids is 2. The van der Waals surface area contributed by atoms with E-state index in [-0.39, 0.29) is 33.4 Å². The average molecular weight is 539 g/mol. The molecule has 11 heteroatoms. The van der Waals surface area contributed by atoms with E-state index in [1.54, 1.807) is 48.5 Å². The van der Waals surface area contributed by atoms with E-state index in [4.69, 9.17) is 43.1 Å². The van der Waals surface area contributed by atoms with Crippen LogP contribution in [0.1, 0.15) is 11.5 Å². The predicted octanol–water partition coefficient (Wildman–Crippen LogP) is 4.45. The van der Waals surface area contributed by atoms with Crippen LogP contribution in [0.5, 0.6) is 5.75 Å². The summed E-state index contributed by atoms with van der Waals surface area (Å²) in [5.74, 6) is -2.50. The number of carbonyl (C=O) groups is 2. The molecule has 2 heterocycles. The Morgan fingerprint density at radius 3 is 2.30 bits per heavy atom. The number of benzene rings is 2. The van der Waals surface area contributed by atoms with E-state index in [9.17, 15) is 14.9 Å². The maximum atomic E-state index is 13.3. The van der Waals surface area contributed by atoms with Crippen LogP contribution in [0.4, 0.5) is 5.69 Å². The molecular formula is C26H20Cl2N4O5. The fourth-order valence-corrected chi connectivity index (χ4v) is 4.56. The van der Waals surface area contributed by atoms with Crippen molar-refractivity contribution in [1.82, 2.24) is 4.98 Å². The molecule has 1 atom stereocenters. The lowest BCUT2D eigenvalue weighted by Crippen LogP contribution is -2.40. The zero-order valence-electron chi connectivity index (χ0n) is 19.9. The highest BCUT2D eigenvalue weighted by atomic mass is 35.5. The molecule has 0 bridgehead atoms. The molecule has 3 aromatic rings. The molecule has 9 nitrogen and oxygen atoms in total. The monoisotopic (exact) mass is 538 g/mol. The van der Waals surface area contributed by atoms with Gasteiger partial charge in [0, 0.05) is 21.7 Å². The van der Waals surface area contributed by atoms with Crippen molar-refractivity contribution < 1.29 is 23.8 Å². The second-order valence-corrected chi connectivity index (χ2v) is 8.62. The molecule has 2 N–H and O–H groups in total. The van der Waals surface area contributed by atoms with Crippen LogP contribution in [0.2, 0.25) is 10.2 Å². The normalized spacial score (nSPS) is 15.5. The molecule has 0 fully saturated rings. The Balaban J connectivity index is 2.09. The minimum absolute atomic E-state index is 0.00813. The third-order valence-corrected chi connectivity index (χ3v) is 6.43. The predicted molar refractivity (Wildman–Crippen MR) is 138 cm³/mol. The van der Waals surface area contributed by atoms with Crippen molar-refractivity contribution in [2.24, 2.45) is 5.73 Å². The van der Waals surface area contributed by atoms with Gasteiger partial charge in [0.15, 0.2) is 0 Å². The summed E-state index contributed by atoms with van der Waals surface area (Å²) in [5, 5.41) is 11.3. The van der Waals surface area contributed by atoms with Gasteiger partial charge in [0.05, 0.1) is 50.0 Å². The number of nitrogens with zero attached hydrogens (tertiary/aromatic N) is 3. The number of ether oxygens (including phenoxy) is 3. The molecule has 1 unspecified atom stereocenters. The van der Waals surface area contributed by atoms with Crippen LogP contribution in [0.15, 0.2) is 71.2 Å². The first-order chi connectivity index (χ1) is 17.7. The van der Waals surface area contributed by atoms with Crippen LogP contribution in [-0.2, 0) is 19.1 Å². The number of hydrogen-bond acceptors (Lipinski definition) is 9. The standard InChI is InChI=1S/C26H20Cl2N4O5/c1-35-16-8-9-19-13(10-16)11-17(23(28)31-19)20-18(12-29)24(30)32(15-6-4-14(27)5-7-15)22(26(34)37-3)21(20)25(33)36-2/h4-11,20H,30H2,1-3H3. The topological polar surface area (TPSA) is 128 Å². The molecule has 0 radical (unpaired) electrons. The van der Waals surface area contributed by atoms with Gasteiger partial charge < -0.3 is 19.9 Å². The van der Waals surface area contributed by atoms with E-state index in [2.05, 4.69) is 11.1 Å². The van der Waals surface area contributed by atoms with Gasteiger partial charge in [0.1, 0.15) is 22.4 Å². The second-order valence-electron chi connectivity index (χ2n) is 7.83. The highest BCUT2D eigenvalue weighted by Gasteiger charge is 2.44. The summed E-state index contributed by atoms with van der Waals surface area (Å²) in [6.45, 7) is 0. The number of allylic oxidation sites excluding steroid dienone is 1. The lowest BCUT2D eigenvalue weighted by Gasteiger charge is -2.36. The average Bonchev–Trinajstić information content (AvgIpc) is 2.91. The molecule has 4 rings (SSSR count). The Bertz CT molecular complexity index is 1530. The third kappa shape index (κ3) is 4.53. The number of hydrogen-bond donors (Lipinski definition) is 1. The summed E-state index contributed by atoms with van der Waals surface area (Å²) in [7, 11) is 3.85. The largest absolute Gasteiger partial charge is 0.497 e. The summed E-state index contributed by atoms with van der Waals surface area (Å²) in [6.07, 6.45) is 0. The van der Waals surface area contributed by atoms with Gasteiger partial charge in [-0.05, 0) is 48.5 Å². The lowest BCUT2D eigenvalue weighted by molar-refractivity contribution is -0.139. The first-order valence-electron chi connectivity index (χ1n) is 10.8. The van der Waals surface area contributed by atoms with Gasteiger partial charge in [-0.2, -0.15) is 5.26 Å². The molecule has 1 aliphatic heterocycles. The van der Waals surface area contributed by atoms with Crippen LogP contribution >= 0.6 is 23.2 Å². The van der Waals surface area contributed by atoms with E-state index in [1.165, 1.54) is 12.0 Å². The Hall–Kier alpha value is -4.26. The lowest BCUT2D eigenvalue weighted by atomic mass is 9.81. The molecule has 1 aliphatic rings. The van der Waals surface area contributed by atoms with Gasteiger partial charge >= 0.3 is 11.9 Å². The number of esters is 2. The quantitative estimate of drug-likeness (QED) is 0.370. The van der Waals surface area contributed by atoms with Crippen molar-refractivity contribution >= 4 is 51.7 Å². The van der Waals surface area contributed by atoms with E-state index in [1.807, 2.05) is 0 Å². The minimum Gasteiger partial charge on any atom is -0.497 e. The van der Waals surface area contributed by atoms with E-state index >= 15 is 0 Å². The molecule has 0 spiro atoms. The van der Waals surface area contributed by atoms with Crippen LogP contribution in [0.3, 0.4) is 0 Å². The summed E-state index contributed by atoms with van der Waals surface area (Å²) in [6, 6.07) is 15.2. The molecule has 0 saturated carbocycles. The Kier molecular flexibility index (Phi) is 7.25. The highest BCUT2D eigenvalue weighted by Crippen LogP contribution is 2.45. The van der Waals surface area contributed by atoms with E-state index in [0.717, 1.165) is 14.2 Å². The van der Waals surface area contributed by atoms with Gasteiger partial charge in [0.25, 0.3) is 0 Å². The summed E-state index contributed by atoms with van der Waals surface area (Å²) in [4.78, 5) is 32.1. The number of halogens is 2. The number of nitriles is 1. The fourth-order valence-electron chi connectivity index (χ4n) is 4.18. The number of anilines is 1. The SMILES string of the molecule is COC(=O)C1=C(C(=O)OC)N(c2ccc(Cl)cc2)C(N)=C(C#N)C1c1cc2cc(OC)ccc2nc1Cl. The molecule has 0 saturated heterocycles. The van der Waals surface area contributed by atoms with Gasteiger partial charge in [0.2, 0.25) is 0 Å². The minimum atomic E-state index is -1.19. The molecular weight excluding hydrogens is 519 g/mol. The van der Waals surface area contributed by atoms with Gasteiger partial charge in [-0.3, -0.25) is 4.90 Å². The van der Waals surface area contributed by atoms with Crippen molar-refractivity contribution in [3.05, 3.63) is 86.9 Å². The molecule has 2 aromatic carbocycles.